The molecule has 429 valence electrons. The summed E-state index contributed by atoms with van der Waals surface area (Å²) < 4.78 is 69.2. The summed E-state index contributed by atoms with van der Waals surface area (Å²) in [7, 11) is -10.9. The third-order valence-electron chi connectivity index (χ3n) is 15.7. The van der Waals surface area contributed by atoms with Crippen LogP contribution in [0.5, 0.6) is 0 Å². The van der Waals surface area contributed by atoms with Crippen LogP contribution in [-0.2, 0) is 41.5 Å². The van der Waals surface area contributed by atoms with Gasteiger partial charge in [-0.05, 0) is 130 Å². The molecule has 0 saturated carbocycles. The molecule has 2 N–H and O–H groups in total. The van der Waals surface area contributed by atoms with Gasteiger partial charge >= 0.3 is 0 Å². The number of anilines is 1. The lowest BCUT2D eigenvalue weighted by molar-refractivity contribution is -0.921. The fraction of sp³-hybridized carbons (Fsp3) is 0.889. The molecule has 2 saturated heterocycles. The van der Waals surface area contributed by atoms with Crippen molar-refractivity contribution in [1.29, 1.82) is 0 Å². The van der Waals surface area contributed by atoms with Crippen LogP contribution in [0.4, 0.5) is 5.82 Å². The van der Waals surface area contributed by atoms with Crippen molar-refractivity contribution in [3.63, 3.8) is 0 Å². The predicted octanol–water partition coefficient (Wildman–Crippen LogP) is 7.07. The Morgan fingerprint density at radius 2 is 1.01 bits per heavy atom. The zero-order chi connectivity index (χ0) is 56.9. The normalized spacial score (nSPS) is 21.0. The van der Waals surface area contributed by atoms with Crippen molar-refractivity contribution in [2.75, 3.05) is 124 Å². The third kappa shape index (κ3) is 19.6. The van der Waals surface area contributed by atoms with E-state index in [-0.39, 0.29) is 22.3 Å². The number of methoxy groups -OCH3 is 1. The van der Waals surface area contributed by atoms with Crippen molar-refractivity contribution in [2.24, 2.45) is 0 Å². The first-order chi connectivity index (χ1) is 33.9. The number of hydrogen-bond acceptors (Lipinski definition) is 16. The molecule has 21 nitrogen and oxygen atoms in total. The number of fused-ring (bicyclic) bond motifs is 2. The smallest absolute Gasteiger partial charge is 0.272 e. The van der Waals surface area contributed by atoms with E-state index in [1.165, 1.54) is 141 Å². The molecule has 0 aliphatic carbocycles. The number of imidazole rings is 1. The zero-order valence-electron chi connectivity index (χ0n) is 47.1. The highest BCUT2D eigenvalue weighted by Gasteiger charge is 2.54. The van der Waals surface area contributed by atoms with Gasteiger partial charge in [0.05, 0.1) is 125 Å². The van der Waals surface area contributed by atoms with E-state index < -0.39 is 64.1 Å². The summed E-state index contributed by atoms with van der Waals surface area (Å²) in [6.45, 7) is 55.0. The van der Waals surface area contributed by atoms with E-state index in [1.807, 2.05) is 0 Å². The molecule has 28 heteroatoms. The Morgan fingerprint density at radius 3 is 1.33 bits per heavy atom. The summed E-state index contributed by atoms with van der Waals surface area (Å²) >= 11 is 16.1. The first-order valence-corrected chi connectivity index (χ1v) is 31.8. The molecule has 0 aromatic carbocycles. The lowest BCUT2D eigenvalue weighted by atomic mass is 10.1. The molecule has 0 bridgehead atoms. The van der Waals surface area contributed by atoms with E-state index in [1.54, 1.807) is 0 Å². The summed E-state index contributed by atoms with van der Waals surface area (Å²) in [5.74, 6) is -0.0137. The van der Waals surface area contributed by atoms with Crippen LogP contribution in [0, 0.1) is 0 Å². The zero-order valence-corrected chi connectivity index (χ0v) is 52.0. The lowest BCUT2D eigenvalue weighted by Gasteiger charge is -2.48. The largest absolute Gasteiger partial charge is 0.808 e. The molecule has 7 atom stereocenters. The van der Waals surface area contributed by atoms with Crippen LogP contribution in [0.3, 0.4) is 0 Å². The molecule has 0 spiro atoms. The van der Waals surface area contributed by atoms with Gasteiger partial charge in [0.2, 0.25) is 9.10 Å². The first-order valence-electron chi connectivity index (χ1n) is 25.9. The van der Waals surface area contributed by atoms with Crippen molar-refractivity contribution in [2.45, 2.75) is 146 Å². The topological polar surface area (TPSA) is 245 Å². The third-order valence-corrected chi connectivity index (χ3v) is 23.5. The number of nitrogen functional groups attached to an aromatic ring is 1. The quantitative estimate of drug-likeness (QED) is 0.0343. The molecule has 73 heavy (non-hydrogen) atoms. The number of nitrogens with zero attached hydrogens (tertiary/aromatic N) is 8. The van der Waals surface area contributed by atoms with Crippen molar-refractivity contribution in [3.05, 3.63) is 11.6 Å². The number of alkyl halides is 2. The second kappa shape index (κ2) is 32.5. The Kier molecular flexibility index (Phi) is 32.3. The Bertz CT molecular complexity index is 1880. The summed E-state index contributed by atoms with van der Waals surface area (Å²) in [5.41, 5.74) is 6.17. The van der Waals surface area contributed by atoms with Gasteiger partial charge in [-0.2, -0.15) is 9.97 Å². The molecule has 0 amide bonds. The minimum atomic E-state index is -6.22. The summed E-state index contributed by atoms with van der Waals surface area (Å²) in [6, 6.07) is 0. The average molecular weight is 1160 g/mol. The fourth-order valence-electron chi connectivity index (χ4n) is 8.79. The summed E-state index contributed by atoms with van der Waals surface area (Å²) in [6.07, 6.45) is -2.81. The maximum atomic E-state index is 12.5. The van der Waals surface area contributed by atoms with E-state index in [0.29, 0.717) is 0 Å². The lowest BCUT2D eigenvalue weighted by Crippen LogP contribution is -2.47. The van der Waals surface area contributed by atoms with Gasteiger partial charge in [-0.3, -0.25) is 8.88 Å². The van der Waals surface area contributed by atoms with Crippen molar-refractivity contribution in [3.8, 4) is 0 Å². The highest BCUT2D eigenvalue weighted by Crippen LogP contribution is 2.75. The first kappa shape index (κ1) is 72.5. The molecule has 2 aliphatic heterocycles. The van der Waals surface area contributed by atoms with Gasteiger partial charge in [-0.1, -0.05) is 23.2 Å². The maximum Gasteiger partial charge on any atom is 0.272 e. The molecule has 2 aromatic rings. The molecular formula is C45H93BCl3N9O12P3. The van der Waals surface area contributed by atoms with Gasteiger partial charge in [-0.25, -0.2) is 4.98 Å². The van der Waals surface area contributed by atoms with Gasteiger partial charge in [0, 0.05) is 7.11 Å². The summed E-state index contributed by atoms with van der Waals surface area (Å²) in [4.78, 5) is 46.3. The van der Waals surface area contributed by atoms with E-state index >= 15 is 0 Å². The highest BCUT2D eigenvalue weighted by molar-refractivity contribution is 7.87. The maximum absolute atomic E-state index is 12.5. The average Bonchev–Trinajstić information content (AvgIpc) is 4.09. The second-order valence-corrected chi connectivity index (χ2v) is 26.2. The van der Waals surface area contributed by atoms with E-state index in [4.69, 9.17) is 71.6 Å². The minimum Gasteiger partial charge on any atom is -0.808 e. The molecular weight excluding hydrogens is 1070 g/mol. The molecule has 3 unspecified atom stereocenters. The van der Waals surface area contributed by atoms with Crippen LogP contribution in [0.1, 0.15) is 117 Å². The van der Waals surface area contributed by atoms with Gasteiger partial charge in [0.15, 0.2) is 25.3 Å². The van der Waals surface area contributed by atoms with Crippen LogP contribution in [0.15, 0.2) is 6.33 Å². The van der Waals surface area contributed by atoms with Gasteiger partial charge in [0.25, 0.3) is 6.48 Å². The number of hydrogen-bond donors (Lipinski definition) is 1. The molecule has 3 radical (unpaired) electrons. The molecule has 2 fully saturated rings. The van der Waals surface area contributed by atoms with Crippen LogP contribution in [0.25, 0.3) is 11.2 Å². The standard InChI is InChI=1S/C13H16BCl3N5O12P3.4C8H20N/c1-29-12-32-6-4(2-30-37(14,28)34-36(26,27)13(16,17)35(23,24)25)31-10(7(6)33-12)22-3-19-5-8(18)20-11(15)21-9(5)22;4*1-5-9(6-2,7-3)8-4/h3-4,6-7,10,12H,2H2,1H3,(H,26,27)(H2,18,20,21)(H2,23,24,25);4*5-8H2,1-4H3/q-1;4*+1/p-3/t4-,6-,7-,10-,12?,37?;;;;/m1..../s1. The second-order valence-electron chi connectivity index (χ2n) is 17.8. The predicted molar refractivity (Wildman–Crippen MR) is 289 cm³/mol. The molecule has 2 aliphatic rings. The fourth-order valence-corrected chi connectivity index (χ4v) is 13.2. The van der Waals surface area contributed by atoms with Crippen LogP contribution < -0.4 is 20.4 Å². The van der Waals surface area contributed by atoms with Crippen molar-refractivity contribution in [1.82, 2.24) is 19.5 Å². The van der Waals surface area contributed by atoms with Crippen molar-refractivity contribution < 1.29 is 74.1 Å². The Morgan fingerprint density at radius 1 is 0.658 bits per heavy atom. The van der Waals surface area contributed by atoms with E-state index in [9.17, 15) is 28.4 Å². The number of rotatable bonds is 25. The number of nitrogens with two attached hydrogens (primary N) is 1. The molecule has 4 rings (SSSR count). The van der Waals surface area contributed by atoms with Crippen LogP contribution in [-0.4, -0.2) is 192 Å². The van der Waals surface area contributed by atoms with Crippen LogP contribution in [0.2, 0.25) is 5.28 Å². The van der Waals surface area contributed by atoms with Crippen molar-refractivity contribution >= 4 is 82.0 Å². The Labute approximate surface area is 454 Å². The highest BCUT2D eigenvalue weighted by atomic mass is 35.5. The van der Waals surface area contributed by atoms with E-state index in [2.05, 4.69) is 130 Å². The van der Waals surface area contributed by atoms with E-state index in [0.717, 1.165) is 0 Å². The van der Waals surface area contributed by atoms with Gasteiger partial charge < -0.3 is 83.1 Å². The SMILES string of the molecule is CC[N+](CC)(CC)CC.CC[N+](CC)(CC)CC.CC[N+](CC)(CC)CC.CC[N+](CC)(CC)CC.[B-]P(=O)(OC[C@H]1O[C@@H](n2cnc3c(N)nc(Cl)nc32)[C@@H]2OC(OC)O[C@@H]21)OP(=O)([O-])C(Cl)(Cl)P(=O)([O-])[O-]. The molecule has 2 aromatic heterocycles. The van der Waals surface area contributed by atoms with Gasteiger partial charge in [0.1, 0.15) is 23.8 Å². The van der Waals surface area contributed by atoms with Gasteiger partial charge in [-0.15, -0.1) is 0 Å². The monoisotopic (exact) mass is 1160 g/mol. The number of quaternary nitrogens is 4. The Balaban J connectivity index is 0.00000116. The summed E-state index contributed by atoms with van der Waals surface area (Å²) in [5, 5.41) is -0.182. The Hall–Kier alpha value is -0.545. The van der Waals surface area contributed by atoms with Crippen LogP contribution >= 0.6 is 57.5 Å². The minimum absolute atomic E-state index is 0.0137. The number of ether oxygens (including phenoxy) is 4. The number of halogens is 3. The molecule has 4 heterocycles. The number of aromatic nitrogens is 4.